The normalized spacial score (nSPS) is 17.5. The minimum atomic E-state index is -0.102. The Morgan fingerprint density at radius 2 is 1.27 bits per heavy atom. The number of rotatable bonds is 10. The van der Waals surface area contributed by atoms with E-state index in [1.54, 1.807) is 7.11 Å². The van der Waals surface area contributed by atoms with Crippen molar-refractivity contribution in [3.63, 3.8) is 0 Å². The number of anilines is 2. The lowest BCUT2D eigenvalue weighted by molar-refractivity contribution is 0.229. The summed E-state index contributed by atoms with van der Waals surface area (Å²) in [6, 6.07) is 57.2. The van der Waals surface area contributed by atoms with Gasteiger partial charge in [0.2, 0.25) is 0 Å². The molecule has 3 nitrogen and oxygen atoms in total. The van der Waals surface area contributed by atoms with E-state index in [0.29, 0.717) is 17.8 Å². The van der Waals surface area contributed by atoms with E-state index < -0.39 is 0 Å². The van der Waals surface area contributed by atoms with Crippen molar-refractivity contribution in [2.75, 3.05) is 12.0 Å². The molecule has 0 radical (unpaired) electrons. The maximum absolute atomic E-state index is 5.58. The van der Waals surface area contributed by atoms with Crippen LogP contribution in [0.3, 0.4) is 0 Å². The van der Waals surface area contributed by atoms with Gasteiger partial charge in [-0.15, -0.1) is 0 Å². The highest BCUT2D eigenvalue weighted by Gasteiger charge is 2.36. The Kier molecular flexibility index (Phi) is 11.5. The molecule has 3 atom stereocenters. The van der Waals surface area contributed by atoms with Gasteiger partial charge in [-0.05, 0) is 164 Å². The molecule has 7 aromatic carbocycles. The SMILES string of the molecule is COc1ccc(-n2c3ccc(-c4ccc(C(CC(C)(C)C)C(C)(C)C)cc4)cc3c3cc(-c4ccc(N(C5=CC(C6=CC=C[C@@H]6C)CC=C5)c5ccc6c(c5)C(C)(C)c5ccccc5-6)cc4)ccc32)cc1. The lowest BCUT2D eigenvalue weighted by Gasteiger charge is -2.36. The summed E-state index contributed by atoms with van der Waals surface area (Å²) in [6.45, 7) is 21.3. The molecule has 0 spiro atoms. The summed E-state index contributed by atoms with van der Waals surface area (Å²) in [4.78, 5) is 2.48. The number of methoxy groups -OCH3 is 1. The maximum atomic E-state index is 5.58. The van der Waals surface area contributed by atoms with Crippen molar-refractivity contribution in [3.8, 4) is 44.8 Å². The summed E-state index contributed by atoms with van der Waals surface area (Å²) < 4.78 is 7.98. The van der Waals surface area contributed by atoms with E-state index in [4.69, 9.17) is 4.74 Å². The fraction of sp³-hybridized carbons (Fsp3) is 0.265. The first kappa shape index (κ1) is 46.3. The van der Waals surface area contributed by atoms with Crippen LogP contribution in [0.2, 0.25) is 0 Å². The Balaban J connectivity index is 0.995. The second-order valence-corrected chi connectivity index (χ2v) is 23.3. The van der Waals surface area contributed by atoms with Crippen LogP contribution in [0.1, 0.15) is 97.8 Å². The van der Waals surface area contributed by atoms with Gasteiger partial charge in [-0.1, -0.05) is 177 Å². The summed E-state index contributed by atoms with van der Waals surface area (Å²) in [7, 11) is 1.73. The molecule has 8 aromatic rings. The van der Waals surface area contributed by atoms with E-state index in [2.05, 4.69) is 260 Å². The molecule has 356 valence electrons. The van der Waals surface area contributed by atoms with Crippen LogP contribution in [0.15, 0.2) is 199 Å². The zero-order chi connectivity index (χ0) is 49.4. The van der Waals surface area contributed by atoms with Crippen molar-refractivity contribution >= 4 is 33.2 Å². The topological polar surface area (TPSA) is 17.4 Å². The number of hydrogen-bond acceptors (Lipinski definition) is 2. The first-order chi connectivity index (χ1) is 34.1. The van der Waals surface area contributed by atoms with Gasteiger partial charge in [0.1, 0.15) is 5.75 Å². The van der Waals surface area contributed by atoms with Crippen LogP contribution < -0.4 is 9.64 Å². The molecule has 1 aromatic heterocycles. The summed E-state index contributed by atoms with van der Waals surface area (Å²) in [5.74, 6) is 2.11. The highest BCUT2D eigenvalue weighted by Crippen LogP contribution is 2.51. The van der Waals surface area contributed by atoms with Gasteiger partial charge in [0.15, 0.2) is 0 Å². The van der Waals surface area contributed by atoms with Crippen LogP contribution in [0.4, 0.5) is 11.4 Å². The minimum Gasteiger partial charge on any atom is -0.497 e. The predicted molar refractivity (Wildman–Crippen MR) is 302 cm³/mol. The maximum Gasteiger partial charge on any atom is 0.119 e. The zero-order valence-electron chi connectivity index (χ0n) is 43.3. The zero-order valence-corrected chi connectivity index (χ0v) is 43.3. The van der Waals surface area contributed by atoms with Gasteiger partial charge < -0.3 is 14.2 Å². The van der Waals surface area contributed by atoms with Gasteiger partial charge in [0, 0.05) is 44.9 Å². The molecule has 0 saturated carbocycles. The van der Waals surface area contributed by atoms with E-state index in [0.717, 1.165) is 30.0 Å². The van der Waals surface area contributed by atoms with Gasteiger partial charge in [-0.2, -0.15) is 0 Å². The van der Waals surface area contributed by atoms with Crippen molar-refractivity contribution in [1.29, 1.82) is 0 Å². The molecule has 0 amide bonds. The van der Waals surface area contributed by atoms with Gasteiger partial charge >= 0.3 is 0 Å². The van der Waals surface area contributed by atoms with E-state index in [1.165, 1.54) is 88.8 Å². The van der Waals surface area contributed by atoms with Crippen LogP contribution in [-0.4, -0.2) is 11.7 Å². The average Bonchev–Trinajstić information content (AvgIpc) is 4.02. The molecular weight excluding hydrogens is 861 g/mol. The first-order valence-corrected chi connectivity index (χ1v) is 25.8. The van der Waals surface area contributed by atoms with Gasteiger partial charge in [-0.25, -0.2) is 0 Å². The number of benzene rings is 7. The van der Waals surface area contributed by atoms with Crippen molar-refractivity contribution in [2.24, 2.45) is 22.7 Å². The number of ether oxygens (including phenoxy) is 1. The fourth-order valence-electron chi connectivity index (χ4n) is 12.0. The van der Waals surface area contributed by atoms with Crippen LogP contribution in [0, 0.1) is 22.7 Å². The molecule has 0 bridgehead atoms. The number of aromatic nitrogens is 1. The Hall–Kier alpha value is -7.10. The van der Waals surface area contributed by atoms with Gasteiger partial charge in [-0.3, -0.25) is 0 Å². The Bertz CT molecular complexity index is 3450. The van der Waals surface area contributed by atoms with E-state index >= 15 is 0 Å². The largest absolute Gasteiger partial charge is 0.497 e. The van der Waals surface area contributed by atoms with Crippen molar-refractivity contribution in [1.82, 2.24) is 4.57 Å². The molecule has 1 heterocycles. The lowest BCUT2D eigenvalue weighted by atomic mass is 9.69. The molecule has 3 aliphatic carbocycles. The van der Waals surface area contributed by atoms with Gasteiger partial charge in [0.25, 0.3) is 0 Å². The minimum absolute atomic E-state index is 0.102. The van der Waals surface area contributed by atoms with E-state index in [1.807, 2.05) is 0 Å². The third kappa shape index (κ3) is 8.48. The van der Waals surface area contributed by atoms with Crippen LogP contribution in [0.25, 0.3) is 60.9 Å². The number of hydrogen-bond donors (Lipinski definition) is 0. The number of fused-ring (bicyclic) bond motifs is 6. The Morgan fingerprint density at radius 1 is 0.662 bits per heavy atom. The monoisotopic (exact) mass is 929 g/mol. The molecule has 3 heteroatoms. The quantitative estimate of drug-likeness (QED) is 0.136. The van der Waals surface area contributed by atoms with Crippen LogP contribution in [-0.2, 0) is 5.41 Å². The van der Waals surface area contributed by atoms with Crippen molar-refractivity contribution in [3.05, 3.63) is 216 Å². The first-order valence-electron chi connectivity index (χ1n) is 25.8. The Morgan fingerprint density at radius 3 is 1.87 bits per heavy atom. The molecule has 0 saturated heterocycles. The summed E-state index contributed by atoms with van der Waals surface area (Å²) in [6.07, 6.45) is 16.2. The molecular formula is C68H68N2O. The predicted octanol–water partition coefficient (Wildman–Crippen LogP) is 18.7. The summed E-state index contributed by atoms with van der Waals surface area (Å²) in [5.41, 5.74) is 20.5. The highest BCUT2D eigenvalue weighted by atomic mass is 16.5. The van der Waals surface area contributed by atoms with E-state index in [-0.39, 0.29) is 16.2 Å². The number of nitrogens with zero attached hydrogens (tertiary/aromatic N) is 2. The summed E-state index contributed by atoms with van der Waals surface area (Å²) in [5, 5.41) is 2.46. The second-order valence-electron chi connectivity index (χ2n) is 23.3. The van der Waals surface area contributed by atoms with Crippen molar-refractivity contribution in [2.45, 2.75) is 86.5 Å². The van der Waals surface area contributed by atoms with Gasteiger partial charge in [0.05, 0.1) is 18.1 Å². The standard InChI is InChI=1S/C68H68N2O/c1-44-15-13-19-56(44)50-16-14-17-53(39-50)69(54-33-36-58-57-18-11-12-20-61(57)68(8,9)62(58)42-54)51-29-25-46(26-30-51)49-28-38-65-60(41-49)59-40-48(27-37-64(59)70(65)52-31-34-55(71-10)35-32-52)45-21-23-47(24-22-45)63(67(5,6)7)43-66(2,3)4/h11-15,17-42,44,50,63H,16,43H2,1-10H3/t44-,50?,63?/m0/s1. The molecule has 11 rings (SSSR count). The third-order valence-electron chi connectivity index (χ3n) is 15.8. The number of allylic oxidation sites excluding steroid dienone is 7. The molecule has 0 aliphatic heterocycles. The smallest absolute Gasteiger partial charge is 0.119 e. The van der Waals surface area contributed by atoms with E-state index in [9.17, 15) is 0 Å². The lowest BCUT2D eigenvalue weighted by Crippen LogP contribution is -2.23. The van der Waals surface area contributed by atoms with Crippen molar-refractivity contribution < 1.29 is 4.74 Å². The van der Waals surface area contributed by atoms with Crippen LogP contribution in [0.5, 0.6) is 5.75 Å². The highest BCUT2D eigenvalue weighted by molar-refractivity contribution is 6.11. The Labute approximate surface area is 422 Å². The molecule has 0 fully saturated rings. The fourth-order valence-corrected chi connectivity index (χ4v) is 12.0. The second kappa shape index (κ2) is 17.6. The molecule has 71 heavy (non-hydrogen) atoms. The molecule has 2 unspecified atom stereocenters. The van der Waals surface area contributed by atoms with Crippen LogP contribution >= 0.6 is 0 Å². The summed E-state index contributed by atoms with van der Waals surface area (Å²) >= 11 is 0. The molecule has 3 aliphatic rings. The third-order valence-corrected chi connectivity index (χ3v) is 15.8. The average molecular weight is 929 g/mol. The molecule has 0 N–H and O–H groups in total.